The third kappa shape index (κ3) is 34.1. The van der Waals surface area contributed by atoms with Crippen LogP contribution >= 0.6 is 0 Å². The molecule has 0 atom stereocenters. The van der Waals surface area contributed by atoms with E-state index in [0.29, 0.717) is 0 Å². The van der Waals surface area contributed by atoms with Crippen LogP contribution in [-0.4, -0.2) is 0 Å². The molecule has 0 heterocycles. The van der Waals surface area contributed by atoms with E-state index in [4.69, 9.17) is 7.51 Å². The van der Waals surface area contributed by atoms with Crippen molar-refractivity contribution in [1.82, 2.24) is 0 Å². The van der Waals surface area contributed by atoms with Crippen LogP contribution in [0.15, 0.2) is 0 Å². The average molecular weight is 146 g/mol. The Hall–Kier alpha value is 1.30. The molecule has 0 radical (unpaired) electrons. The third-order valence-electron chi connectivity index (χ3n) is 0. The van der Waals surface area contributed by atoms with Crippen LogP contribution in [0.3, 0.4) is 0 Å². The van der Waals surface area contributed by atoms with E-state index < -0.39 is 0 Å². The molecular weight excluding hydrogens is 145 g/mol. The molecule has 0 aliphatic carbocycles. The Kier molecular flexibility index (Phi) is 188. The van der Waals surface area contributed by atoms with E-state index in [0.717, 1.165) is 17.4 Å². The molecule has 0 aromatic carbocycles. The predicted octanol–water partition coefficient (Wildman–Crippen LogP) is -3.13. The van der Waals surface area contributed by atoms with Crippen LogP contribution in [0.25, 0.3) is 0 Å². The van der Waals surface area contributed by atoms with Crippen molar-refractivity contribution in [2.24, 2.45) is 0 Å². The van der Waals surface area contributed by atoms with Gasteiger partial charge in [-0.25, -0.2) is 0 Å². The van der Waals surface area contributed by atoms with E-state index >= 15 is 0 Å². The Bertz CT molecular complexity index is 15.5. The Morgan fingerprint density at radius 1 is 1.40 bits per heavy atom. The minimum absolute atomic E-state index is 0. The van der Waals surface area contributed by atoms with Gasteiger partial charge in [0.25, 0.3) is 0 Å². The molecule has 0 amide bonds. The summed E-state index contributed by atoms with van der Waals surface area (Å²) in [7, 11) is 0. The summed E-state index contributed by atoms with van der Waals surface area (Å²) in [5.74, 6) is 0. The summed E-state index contributed by atoms with van der Waals surface area (Å²) in [6.45, 7) is 0. The molecule has 0 saturated heterocycles. The van der Waals surface area contributed by atoms with Gasteiger partial charge in [-0.3, -0.25) is 0 Å². The molecule has 0 aromatic rings. The molecular formula is HLiMnO2V. The van der Waals surface area contributed by atoms with Crippen LogP contribution in [0.1, 0.15) is 1.43 Å². The number of hydrogen-bond acceptors (Lipinski definition) is 2. The Balaban J connectivity index is -0.00000000500. The maximum absolute atomic E-state index is 8.19. The first-order chi connectivity index (χ1) is 2.00. The van der Waals surface area contributed by atoms with Gasteiger partial charge in [0.15, 0.2) is 0 Å². The molecule has 0 bridgehead atoms. The molecule has 0 aliphatic heterocycles. The molecule has 26 valence electrons. The molecule has 0 rings (SSSR count). The molecule has 5 heavy (non-hydrogen) atoms. The second kappa shape index (κ2) is 57.9. The van der Waals surface area contributed by atoms with E-state index in [-0.39, 0.29) is 20.3 Å². The number of hydrogen-bond donors (Lipinski definition) is 0. The molecule has 0 saturated carbocycles. The van der Waals surface area contributed by atoms with Crippen molar-refractivity contribution < 1.29 is 61.1 Å². The van der Waals surface area contributed by atoms with E-state index in [2.05, 4.69) is 0 Å². The molecule has 0 spiro atoms. The number of rotatable bonds is 0. The van der Waals surface area contributed by atoms with Crippen LogP contribution in [0.5, 0.6) is 0 Å². The van der Waals surface area contributed by atoms with Crippen molar-refractivity contribution >= 4 is 0 Å². The van der Waals surface area contributed by atoms with Gasteiger partial charge in [0, 0.05) is 0 Å². The summed E-state index contributed by atoms with van der Waals surface area (Å²) >= 11 is 2.75. The van der Waals surface area contributed by atoms with Crippen LogP contribution in [0, 0.1) is 0 Å². The summed E-state index contributed by atoms with van der Waals surface area (Å²) in [5.41, 5.74) is 0. The zero-order chi connectivity index (χ0) is 4.00. The summed E-state index contributed by atoms with van der Waals surface area (Å²) in [6, 6.07) is 0. The van der Waals surface area contributed by atoms with Crippen LogP contribution < -0.4 is 18.9 Å². The molecule has 0 aromatic heterocycles. The van der Waals surface area contributed by atoms with Gasteiger partial charge in [-0.15, -0.1) is 0 Å². The summed E-state index contributed by atoms with van der Waals surface area (Å²) in [5, 5.41) is 0. The average Bonchev–Trinajstić information content (AvgIpc) is 1.50. The first-order valence-corrected chi connectivity index (χ1v) is 1.39. The Morgan fingerprint density at radius 2 is 1.40 bits per heavy atom. The normalized spacial score (nSPS) is 1.40. The van der Waals surface area contributed by atoms with E-state index in [1.807, 2.05) is 0 Å². The van der Waals surface area contributed by atoms with Crippen molar-refractivity contribution in [3.8, 4) is 0 Å². The quantitative estimate of drug-likeness (QED) is 0.338. The standard InChI is InChI=1S/Li.Mn.2O.V.H/q+1;;;;;-1. The van der Waals surface area contributed by atoms with Crippen molar-refractivity contribution in [3.63, 3.8) is 0 Å². The third-order valence-corrected chi connectivity index (χ3v) is 0. The van der Waals surface area contributed by atoms with Crippen molar-refractivity contribution in [2.45, 2.75) is 0 Å². The monoisotopic (exact) mass is 146 g/mol. The van der Waals surface area contributed by atoms with Gasteiger partial charge < -0.3 is 1.43 Å². The molecule has 0 N–H and O–H groups in total. The van der Waals surface area contributed by atoms with Crippen molar-refractivity contribution in [1.29, 1.82) is 0 Å². The SMILES string of the molecule is [H-].[Li+].[O]=[Mn].[O]=[V]. The Labute approximate surface area is 61.0 Å². The zero-order valence-corrected chi connectivity index (χ0v) is 5.22. The van der Waals surface area contributed by atoms with E-state index in [1.165, 1.54) is 0 Å². The van der Waals surface area contributed by atoms with Crippen molar-refractivity contribution in [3.05, 3.63) is 0 Å². The van der Waals surface area contributed by atoms with Gasteiger partial charge in [0.2, 0.25) is 0 Å². The van der Waals surface area contributed by atoms with Crippen molar-refractivity contribution in [2.75, 3.05) is 0 Å². The summed E-state index contributed by atoms with van der Waals surface area (Å²) in [6.07, 6.45) is 0. The van der Waals surface area contributed by atoms with Gasteiger partial charge in [-0.05, 0) is 0 Å². The Morgan fingerprint density at radius 3 is 1.40 bits per heavy atom. The molecule has 0 aliphatic rings. The second-order valence-electron chi connectivity index (χ2n) is 0. The topological polar surface area (TPSA) is 34.1 Å². The molecule has 5 heteroatoms. The van der Waals surface area contributed by atoms with Gasteiger partial charge in [0.05, 0.1) is 0 Å². The first kappa shape index (κ1) is 16.2. The fraction of sp³-hybridized carbons (Fsp3) is 0. The summed E-state index contributed by atoms with van der Waals surface area (Å²) < 4.78 is 16.2. The van der Waals surface area contributed by atoms with E-state index in [9.17, 15) is 0 Å². The van der Waals surface area contributed by atoms with Gasteiger partial charge in [0.1, 0.15) is 0 Å². The fourth-order valence-corrected chi connectivity index (χ4v) is 0. The first-order valence-electron chi connectivity index (χ1n) is 0.337. The van der Waals surface area contributed by atoms with Crippen LogP contribution in [-0.2, 0) is 40.8 Å². The second-order valence-corrected chi connectivity index (χ2v) is 0. The van der Waals surface area contributed by atoms with Crippen LogP contribution in [0.4, 0.5) is 0 Å². The molecule has 0 unspecified atom stereocenters. The summed E-state index contributed by atoms with van der Waals surface area (Å²) in [4.78, 5) is 0. The van der Waals surface area contributed by atoms with Gasteiger partial charge in [-0.1, -0.05) is 0 Å². The minimum atomic E-state index is 0. The van der Waals surface area contributed by atoms with Gasteiger partial charge >= 0.3 is 59.7 Å². The van der Waals surface area contributed by atoms with E-state index in [1.54, 1.807) is 15.9 Å². The zero-order valence-electron chi connectivity index (χ0n) is 3.64. The maximum atomic E-state index is 8.19. The van der Waals surface area contributed by atoms with Crippen LogP contribution in [0.2, 0.25) is 0 Å². The molecule has 0 fully saturated rings. The molecule has 2 nitrogen and oxygen atoms in total. The fourth-order valence-electron chi connectivity index (χ4n) is 0. The predicted molar refractivity (Wildman–Crippen MR) is 2.49 cm³/mol. The van der Waals surface area contributed by atoms with Gasteiger partial charge in [-0.2, -0.15) is 0 Å².